The summed E-state index contributed by atoms with van der Waals surface area (Å²) in [6.45, 7) is 10.7. The van der Waals surface area contributed by atoms with Gasteiger partial charge in [0.25, 0.3) is 0 Å². The highest BCUT2D eigenvalue weighted by Gasteiger charge is 2.86. The second kappa shape index (κ2) is 8.48. The van der Waals surface area contributed by atoms with Crippen LogP contribution >= 0.6 is 0 Å². The number of allylic oxidation sites excluding steroid dienone is 1. The van der Waals surface area contributed by atoms with Crippen LogP contribution in [0.3, 0.4) is 0 Å². The van der Waals surface area contributed by atoms with Gasteiger partial charge in [-0.15, -0.1) is 0 Å². The molecule has 2 fully saturated rings. The molecule has 1 N–H and O–H groups in total. The Morgan fingerprint density at radius 2 is 1.91 bits per heavy atom. The van der Waals surface area contributed by atoms with Crippen molar-refractivity contribution in [3.8, 4) is 0 Å². The molecule has 0 aromatic rings. The lowest BCUT2D eigenvalue weighted by Crippen LogP contribution is -2.60. The molecule has 8 atom stereocenters. The summed E-state index contributed by atoms with van der Waals surface area (Å²) in [5, 5.41) is 12.0. The number of carbonyl (C=O) groups excluding carboxylic acids is 3. The molecular weight excluding hydrogens is 440 g/mol. The quantitative estimate of drug-likeness (QED) is 0.285. The zero-order valence-corrected chi connectivity index (χ0v) is 20.9. The number of rotatable bonds is 4. The molecule has 0 radical (unpaired) electrons. The molecule has 188 valence electrons. The van der Waals surface area contributed by atoms with Gasteiger partial charge in [0.2, 0.25) is 0 Å². The molecule has 8 heteroatoms. The molecule has 2 saturated heterocycles. The summed E-state index contributed by atoms with van der Waals surface area (Å²) in [4.78, 5) is 37.5. The molecule has 2 aliphatic carbocycles. The molecule has 4 rings (SSSR count). The van der Waals surface area contributed by atoms with Crippen LogP contribution in [0.5, 0.6) is 0 Å². The molecule has 4 aliphatic rings. The zero-order valence-electron chi connectivity index (χ0n) is 20.9. The molecule has 2 aliphatic heterocycles. The molecule has 0 aromatic carbocycles. The maximum atomic E-state index is 12.7. The largest absolute Gasteiger partial charge is 0.462 e. The summed E-state index contributed by atoms with van der Waals surface area (Å²) in [7, 11) is 0. The lowest BCUT2D eigenvalue weighted by Gasteiger charge is -2.52. The summed E-state index contributed by atoms with van der Waals surface area (Å²) < 4.78 is 23.6. The van der Waals surface area contributed by atoms with Gasteiger partial charge in [0.05, 0.1) is 11.5 Å². The van der Waals surface area contributed by atoms with E-state index in [2.05, 4.69) is 0 Å². The Kier molecular flexibility index (Phi) is 6.22. The van der Waals surface area contributed by atoms with Crippen LogP contribution in [0.1, 0.15) is 73.6 Å². The van der Waals surface area contributed by atoms with Crippen LogP contribution in [-0.2, 0) is 33.3 Å². The smallest absolute Gasteiger partial charge is 0.342 e. The van der Waals surface area contributed by atoms with Gasteiger partial charge >= 0.3 is 17.9 Å². The molecule has 2 heterocycles. The number of aliphatic hydroxyl groups is 1. The number of esters is 3. The van der Waals surface area contributed by atoms with E-state index in [1.165, 1.54) is 6.92 Å². The third-order valence-electron chi connectivity index (χ3n) is 8.35. The highest BCUT2D eigenvalue weighted by Crippen LogP contribution is 2.64. The van der Waals surface area contributed by atoms with Crippen molar-refractivity contribution in [2.45, 2.75) is 109 Å². The number of hydrogen-bond acceptors (Lipinski definition) is 8. The lowest BCUT2D eigenvalue weighted by atomic mass is 9.57. The van der Waals surface area contributed by atoms with Crippen molar-refractivity contribution in [3.05, 3.63) is 23.3 Å². The van der Waals surface area contributed by atoms with Gasteiger partial charge in [-0.2, -0.15) is 0 Å². The highest BCUT2D eigenvalue weighted by molar-refractivity contribution is 5.89. The van der Waals surface area contributed by atoms with Gasteiger partial charge in [-0.25, -0.2) is 4.79 Å². The number of hydrogen-bond donors (Lipinski definition) is 1. The van der Waals surface area contributed by atoms with E-state index in [1.54, 1.807) is 6.92 Å². The number of carbonyl (C=O) groups is 3. The molecule has 8 unspecified atom stereocenters. The predicted octanol–water partition coefficient (Wildman–Crippen LogP) is 3.16. The predicted molar refractivity (Wildman–Crippen MR) is 121 cm³/mol. The summed E-state index contributed by atoms with van der Waals surface area (Å²) in [5.41, 5.74) is -1.67. The Labute approximate surface area is 200 Å². The van der Waals surface area contributed by atoms with E-state index in [0.717, 1.165) is 11.1 Å². The minimum absolute atomic E-state index is 0.275. The standard InChI is InChI=1S/C26H36O8/c1-7-8-20(28)32-18-11-9-14(2)13-19-26(25(6,34-26)23(30)33-19)22(29)21-15(3)10-12-17(24(18,21)5)31-16(4)27/h10,13,17-19,21-22,29H,7-9,11-12H2,1-6H3. The van der Waals surface area contributed by atoms with Crippen LogP contribution in [-0.4, -0.2) is 58.6 Å². The summed E-state index contributed by atoms with van der Waals surface area (Å²) in [5.74, 6) is -1.86. The molecule has 0 amide bonds. The van der Waals surface area contributed by atoms with Crippen molar-refractivity contribution in [2.24, 2.45) is 11.3 Å². The minimum Gasteiger partial charge on any atom is -0.462 e. The summed E-state index contributed by atoms with van der Waals surface area (Å²) in [6, 6.07) is 0. The first-order chi connectivity index (χ1) is 15.9. The van der Waals surface area contributed by atoms with E-state index in [0.29, 0.717) is 25.7 Å². The van der Waals surface area contributed by atoms with Gasteiger partial charge in [-0.05, 0) is 46.1 Å². The lowest BCUT2D eigenvalue weighted by molar-refractivity contribution is -0.191. The second-order valence-corrected chi connectivity index (χ2v) is 10.6. The summed E-state index contributed by atoms with van der Waals surface area (Å²) >= 11 is 0. The highest BCUT2D eigenvalue weighted by atomic mass is 16.7. The summed E-state index contributed by atoms with van der Waals surface area (Å²) in [6.07, 6.45) is 3.07. The maximum absolute atomic E-state index is 12.7. The van der Waals surface area contributed by atoms with Gasteiger partial charge in [0, 0.05) is 25.7 Å². The number of ether oxygens (including phenoxy) is 4. The third kappa shape index (κ3) is 3.52. The third-order valence-corrected chi connectivity index (χ3v) is 8.35. The molecule has 0 aromatic heterocycles. The molecular formula is C26H36O8. The van der Waals surface area contributed by atoms with E-state index >= 15 is 0 Å². The van der Waals surface area contributed by atoms with E-state index in [-0.39, 0.29) is 12.4 Å². The van der Waals surface area contributed by atoms with Crippen molar-refractivity contribution in [3.63, 3.8) is 0 Å². The Morgan fingerprint density at radius 3 is 2.53 bits per heavy atom. The van der Waals surface area contributed by atoms with Crippen molar-refractivity contribution in [1.29, 1.82) is 0 Å². The number of aliphatic hydroxyl groups excluding tert-OH is 1. The van der Waals surface area contributed by atoms with Crippen LogP contribution in [0.4, 0.5) is 0 Å². The monoisotopic (exact) mass is 476 g/mol. The molecule has 0 bridgehead atoms. The average Bonchev–Trinajstić information content (AvgIpc) is 3.34. The van der Waals surface area contributed by atoms with E-state index in [1.807, 2.05) is 39.8 Å². The fourth-order valence-corrected chi connectivity index (χ4v) is 6.43. The first kappa shape index (κ1) is 24.9. The van der Waals surface area contributed by atoms with Crippen molar-refractivity contribution in [2.75, 3.05) is 0 Å². The number of fused-ring (bicyclic) bond motifs is 1. The normalized spacial score (nSPS) is 43.3. The second-order valence-electron chi connectivity index (χ2n) is 10.6. The minimum atomic E-state index is -1.27. The van der Waals surface area contributed by atoms with Crippen LogP contribution < -0.4 is 0 Å². The SMILES string of the molecule is CCCC(=O)OC1CCC(C)=CC2OC(=O)C3(C)OC23C(O)C2C(C)=CCC(OC(C)=O)C12C. The van der Waals surface area contributed by atoms with E-state index in [9.17, 15) is 19.5 Å². The number of epoxide rings is 1. The molecule has 8 nitrogen and oxygen atoms in total. The first-order valence-corrected chi connectivity index (χ1v) is 12.2. The maximum Gasteiger partial charge on any atom is 0.342 e. The Bertz CT molecular complexity index is 952. The van der Waals surface area contributed by atoms with Crippen LogP contribution in [0, 0.1) is 11.3 Å². The van der Waals surface area contributed by atoms with Crippen molar-refractivity contribution < 1.29 is 38.4 Å². The van der Waals surface area contributed by atoms with Gasteiger partial charge in [0.1, 0.15) is 12.2 Å². The average molecular weight is 477 g/mol. The van der Waals surface area contributed by atoms with E-state index in [4.69, 9.17) is 18.9 Å². The van der Waals surface area contributed by atoms with Crippen LogP contribution in [0.15, 0.2) is 23.3 Å². The van der Waals surface area contributed by atoms with Gasteiger partial charge in [0.15, 0.2) is 17.3 Å². The van der Waals surface area contributed by atoms with Gasteiger partial charge in [-0.3, -0.25) is 9.59 Å². The molecule has 34 heavy (non-hydrogen) atoms. The van der Waals surface area contributed by atoms with Crippen molar-refractivity contribution >= 4 is 17.9 Å². The Balaban J connectivity index is 1.87. The Hall–Kier alpha value is -2.19. The Morgan fingerprint density at radius 1 is 1.21 bits per heavy atom. The van der Waals surface area contributed by atoms with Gasteiger partial charge < -0.3 is 24.1 Å². The van der Waals surface area contributed by atoms with Crippen molar-refractivity contribution in [1.82, 2.24) is 0 Å². The molecule has 1 spiro atoms. The van der Waals surface area contributed by atoms with Crippen LogP contribution in [0.2, 0.25) is 0 Å². The molecule has 0 saturated carbocycles. The fourth-order valence-electron chi connectivity index (χ4n) is 6.43. The van der Waals surface area contributed by atoms with Crippen LogP contribution in [0.25, 0.3) is 0 Å². The topological polar surface area (TPSA) is 112 Å². The fraction of sp³-hybridized carbons (Fsp3) is 0.731. The van der Waals surface area contributed by atoms with E-state index < -0.39 is 58.9 Å². The first-order valence-electron chi connectivity index (χ1n) is 12.2. The van der Waals surface area contributed by atoms with Gasteiger partial charge in [-0.1, -0.05) is 31.1 Å². The zero-order chi connectivity index (χ0) is 25.1.